The van der Waals surface area contributed by atoms with E-state index in [0.29, 0.717) is 37.5 Å². The van der Waals surface area contributed by atoms with Crippen molar-refractivity contribution in [1.29, 1.82) is 0 Å². The lowest BCUT2D eigenvalue weighted by Crippen LogP contribution is -2.53. The molecule has 160 valence electrons. The summed E-state index contributed by atoms with van der Waals surface area (Å²) >= 11 is 0. The number of hydrogen-bond acceptors (Lipinski definition) is 4. The molecule has 0 bridgehead atoms. The number of hydrogen-bond donors (Lipinski definition) is 1. The fourth-order valence-electron chi connectivity index (χ4n) is 3.63. The van der Waals surface area contributed by atoms with Gasteiger partial charge in [0, 0.05) is 49.8 Å². The van der Waals surface area contributed by atoms with Crippen LogP contribution in [0.5, 0.6) is 11.5 Å². The van der Waals surface area contributed by atoms with Gasteiger partial charge in [-0.15, -0.1) is 0 Å². The van der Waals surface area contributed by atoms with Crippen LogP contribution < -0.4 is 4.74 Å². The van der Waals surface area contributed by atoms with E-state index in [1.54, 1.807) is 28.9 Å². The molecule has 0 saturated carbocycles. The molecule has 1 unspecified atom stereocenters. The molecule has 1 aliphatic rings. The molecule has 2 heterocycles. The van der Waals surface area contributed by atoms with E-state index in [0.717, 1.165) is 5.69 Å². The fraction of sp³-hybridized carbons (Fsp3) is 0.250. The smallest absolute Gasteiger partial charge is 0.263 e. The third-order valence-electron chi connectivity index (χ3n) is 5.39. The molecule has 1 fully saturated rings. The maximum absolute atomic E-state index is 12.8. The number of ether oxygens (including phenoxy) is 1. The van der Waals surface area contributed by atoms with Gasteiger partial charge < -0.3 is 24.2 Å². The zero-order valence-electron chi connectivity index (χ0n) is 17.3. The van der Waals surface area contributed by atoms with E-state index < -0.39 is 6.10 Å². The lowest BCUT2D eigenvalue weighted by Gasteiger charge is -2.36. The van der Waals surface area contributed by atoms with E-state index in [1.165, 1.54) is 12.1 Å². The molecule has 3 aromatic rings. The van der Waals surface area contributed by atoms with Crippen LogP contribution in [0.25, 0.3) is 5.69 Å². The molecule has 1 aliphatic heterocycles. The molecule has 7 heteroatoms. The van der Waals surface area contributed by atoms with Crippen LogP contribution in [0.3, 0.4) is 0 Å². The Morgan fingerprint density at radius 1 is 0.871 bits per heavy atom. The second kappa shape index (κ2) is 8.95. The summed E-state index contributed by atoms with van der Waals surface area (Å²) in [6.45, 7) is 3.61. The molecule has 0 radical (unpaired) electrons. The van der Waals surface area contributed by atoms with E-state index in [-0.39, 0.29) is 17.6 Å². The van der Waals surface area contributed by atoms with E-state index in [9.17, 15) is 14.7 Å². The zero-order chi connectivity index (χ0) is 21.8. The molecule has 1 atom stereocenters. The molecule has 0 aliphatic carbocycles. The summed E-state index contributed by atoms with van der Waals surface area (Å²) in [5.74, 6) is 0.526. The maximum atomic E-state index is 12.8. The van der Waals surface area contributed by atoms with Gasteiger partial charge in [0.2, 0.25) is 0 Å². The summed E-state index contributed by atoms with van der Waals surface area (Å²) in [7, 11) is 0. The van der Waals surface area contributed by atoms with Crippen LogP contribution in [0, 0.1) is 0 Å². The van der Waals surface area contributed by atoms with Crippen LogP contribution in [-0.4, -0.2) is 63.6 Å². The van der Waals surface area contributed by atoms with Crippen LogP contribution in [0.4, 0.5) is 0 Å². The number of aromatic hydroxyl groups is 1. The van der Waals surface area contributed by atoms with Gasteiger partial charge in [-0.05, 0) is 67.6 Å². The third kappa shape index (κ3) is 4.71. The first-order valence-corrected chi connectivity index (χ1v) is 10.3. The van der Waals surface area contributed by atoms with Crippen LogP contribution in [0.1, 0.15) is 17.3 Å². The van der Waals surface area contributed by atoms with Crippen molar-refractivity contribution in [2.45, 2.75) is 13.0 Å². The number of benzene rings is 2. The van der Waals surface area contributed by atoms with Crippen LogP contribution in [0.2, 0.25) is 0 Å². The second-order valence-corrected chi connectivity index (χ2v) is 7.51. The molecule has 2 amide bonds. The van der Waals surface area contributed by atoms with Crippen molar-refractivity contribution in [2.75, 3.05) is 26.2 Å². The average molecular weight is 419 g/mol. The molecule has 7 nitrogen and oxygen atoms in total. The van der Waals surface area contributed by atoms with Crippen LogP contribution >= 0.6 is 0 Å². The molecule has 1 aromatic heterocycles. The topological polar surface area (TPSA) is 75.0 Å². The van der Waals surface area contributed by atoms with Gasteiger partial charge in [0.25, 0.3) is 11.8 Å². The highest BCUT2D eigenvalue weighted by atomic mass is 16.5. The van der Waals surface area contributed by atoms with E-state index in [2.05, 4.69) is 0 Å². The number of phenols is 1. The minimum Gasteiger partial charge on any atom is -0.508 e. The van der Waals surface area contributed by atoms with Gasteiger partial charge in [0.1, 0.15) is 11.5 Å². The van der Waals surface area contributed by atoms with Crippen LogP contribution in [-0.2, 0) is 4.79 Å². The van der Waals surface area contributed by atoms with Crippen molar-refractivity contribution < 1.29 is 19.4 Å². The molecule has 0 spiro atoms. The van der Waals surface area contributed by atoms with E-state index in [1.807, 2.05) is 53.4 Å². The molecular formula is C24H25N3O4. The van der Waals surface area contributed by atoms with Gasteiger partial charge in [0.05, 0.1) is 0 Å². The van der Waals surface area contributed by atoms with Crippen molar-refractivity contribution in [3.63, 3.8) is 0 Å². The standard InChI is InChI=1S/C24H25N3O4/c1-18(31-22-10-8-21(28)9-11-22)23(29)26-14-16-27(17-15-26)24(30)19-4-6-20(7-5-19)25-12-2-3-13-25/h2-13,18,28H,14-17H2,1H3. The fourth-order valence-corrected chi connectivity index (χ4v) is 3.63. The number of phenolic OH excluding ortho intramolecular Hbond substituents is 1. The predicted octanol–water partition coefficient (Wildman–Crippen LogP) is 2.93. The first-order chi connectivity index (χ1) is 15.0. The Hall–Kier alpha value is -3.74. The molecular weight excluding hydrogens is 394 g/mol. The summed E-state index contributed by atoms with van der Waals surface area (Å²) < 4.78 is 7.67. The summed E-state index contributed by atoms with van der Waals surface area (Å²) in [4.78, 5) is 29.1. The number of amides is 2. The number of aromatic nitrogens is 1. The first kappa shape index (κ1) is 20.5. The lowest BCUT2D eigenvalue weighted by molar-refractivity contribution is -0.139. The summed E-state index contributed by atoms with van der Waals surface area (Å²) in [6.07, 6.45) is 3.27. The third-order valence-corrected chi connectivity index (χ3v) is 5.39. The number of rotatable bonds is 5. The number of piperazine rings is 1. The van der Waals surface area contributed by atoms with Gasteiger partial charge in [-0.3, -0.25) is 9.59 Å². The number of carbonyl (C=O) groups is 2. The van der Waals surface area contributed by atoms with Gasteiger partial charge >= 0.3 is 0 Å². The van der Waals surface area contributed by atoms with Crippen molar-refractivity contribution in [3.8, 4) is 17.2 Å². The average Bonchev–Trinajstić information content (AvgIpc) is 3.35. The van der Waals surface area contributed by atoms with Gasteiger partial charge in [0.15, 0.2) is 6.10 Å². The van der Waals surface area contributed by atoms with Gasteiger partial charge in [-0.2, -0.15) is 0 Å². The second-order valence-electron chi connectivity index (χ2n) is 7.51. The first-order valence-electron chi connectivity index (χ1n) is 10.3. The Balaban J connectivity index is 1.31. The zero-order valence-corrected chi connectivity index (χ0v) is 17.3. The van der Waals surface area contributed by atoms with Gasteiger partial charge in [-0.25, -0.2) is 0 Å². The largest absolute Gasteiger partial charge is 0.508 e. The number of nitrogens with zero attached hydrogens (tertiary/aromatic N) is 3. The molecule has 2 aromatic carbocycles. The lowest BCUT2D eigenvalue weighted by atomic mass is 10.1. The Kier molecular flexibility index (Phi) is 5.93. The molecule has 1 saturated heterocycles. The normalized spacial score (nSPS) is 14.9. The number of carbonyl (C=O) groups excluding carboxylic acids is 2. The monoisotopic (exact) mass is 419 g/mol. The molecule has 4 rings (SSSR count). The van der Waals surface area contributed by atoms with E-state index in [4.69, 9.17) is 4.74 Å². The van der Waals surface area contributed by atoms with Gasteiger partial charge in [-0.1, -0.05) is 0 Å². The summed E-state index contributed by atoms with van der Waals surface area (Å²) in [6, 6.07) is 17.7. The molecule has 31 heavy (non-hydrogen) atoms. The SMILES string of the molecule is CC(Oc1ccc(O)cc1)C(=O)N1CCN(C(=O)c2ccc(-n3cccc3)cc2)CC1. The minimum absolute atomic E-state index is 0.0282. The van der Waals surface area contributed by atoms with E-state index >= 15 is 0 Å². The Morgan fingerprint density at radius 3 is 2.06 bits per heavy atom. The van der Waals surface area contributed by atoms with Crippen molar-refractivity contribution >= 4 is 11.8 Å². The van der Waals surface area contributed by atoms with Crippen molar-refractivity contribution in [1.82, 2.24) is 14.4 Å². The molecule has 1 N–H and O–H groups in total. The highest BCUT2D eigenvalue weighted by Gasteiger charge is 2.28. The summed E-state index contributed by atoms with van der Waals surface area (Å²) in [5, 5.41) is 9.35. The maximum Gasteiger partial charge on any atom is 0.263 e. The quantitative estimate of drug-likeness (QED) is 0.690. The minimum atomic E-state index is -0.645. The highest BCUT2D eigenvalue weighted by Crippen LogP contribution is 2.18. The Labute approximate surface area is 181 Å². The Bertz CT molecular complexity index is 1020. The van der Waals surface area contributed by atoms with Crippen LogP contribution in [0.15, 0.2) is 73.1 Å². The Morgan fingerprint density at radius 2 is 1.45 bits per heavy atom. The highest BCUT2D eigenvalue weighted by molar-refractivity contribution is 5.94. The summed E-state index contributed by atoms with van der Waals surface area (Å²) in [5.41, 5.74) is 1.64. The van der Waals surface area contributed by atoms with Crippen molar-refractivity contribution in [2.24, 2.45) is 0 Å². The van der Waals surface area contributed by atoms with Crippen molar-refractivity contribution in [3.05, 3.63) is 78.6 Å². The predicted molar refractivity (Wildman–Crippen MR) is 116 cm³/mol.